The van der Waals surface area contributed by atoms with E-state index in [0.29, 0.717) is 0 Å². The van der Waals surface area contributed by atoms with Crippen LogP contribution in [-0.4, -0.2) is 23.0 Å². The average Bonchev–Trinajstić information content (AvgIpc) is 1.98. The summed E-state index contributed by atoms with van der Waals surface area (Å²) in [5.41, 5.74) is 0. The minimum Gasteiger partial charge on any atom is -0.397 e. The highest BCUT2D eigenvalue weighted by Gasteiger charge is 2.02. The predicted octanol–water partition coefficient (Wildman–Crippen LogP) is 1.96. The zero-order chi connectivity index (χ0) is 7.82. The van der Waals surface area contributed by atoms with E-state index in [9.17, 15) is 0 Å². The van der Waals surface area contributed by atoms with Crippen molar-refractivity contribution >= 4 is 9.28 Å². The Kier molecular flexibility index (Phi) is 7.35. The van der Waals surface area contributed by atoms with Gasteiger partial charge in [-0.3, -0.25) is 0 Å². The van der Waals surface area contributed by atoms with Gasteiger partial charge in [-0.2, -0.15) is 0 Å². The van der Waals surface area contributed by atoms with Gasteiger partial charge in [0.05, 0.1) is 0 Å². The summed E-state index contributed by atoms with van der Waals surface area (Å²) in [6.45, 7) is 5.07. The highest BCUT2D eigenvalue weighted by Crippen LogP contribution is 1.95. The maximum atomic E-state index is 5.37. The number of hydrogen-bond donors (Lipinski definition) is 0. The van der Waals surface area contributed by atoms with Gasteiger partial charge in [0, 0.05) is 13.7 Å². The Hall–Kier alpha value is 0.137. The van der Waals surface area contributed by atoms with Crippen molar-refractivity contribution in [1.82, 2.24) is 0 Å². The Bertz CT molecular complexity index is 68.6. The van der Waals surface area contributed by atoms with Gasteiger partial charge in [0.25, 0.3) is 0 Å². The molecule has 0 rings (SSSR count). The van der Waals surface area contributed by atoms with Gasteiger partial charge in [0.15, 0.2) is 0 Å². The lowest BCUT2D eigenvalue weighted by Gasteiger charge is -2.06. The Morgan fingerprint density at radius 2 is 2.00 bits per heavy atom. The third-order valence-corrected chi connectivity index (χ3v) is 2.53. The normalized spacial score (nSPS) is 10.8. The molecule has 0 fully saturated rings. The number of rotatable bonds is 6. The van der Waals surface area contributed by atoms with Crippen LogP contribution >= 0.6 is 0 Å². The molecule has 0 aliphatic carbocycles. The molecule has 0 saturated carbocycles. The van der Waals surface area contributed by atoms with Gasteiger partial charge in [0.2, 0.25) is 0 Å². The van der Waals surface area contributed by atoms with Crippen molar-refractivity contribution in [3.8, 4) is 0 Å². The molecular weight excluding hydrogens is 144 g/mol. The summed E-state index contributed by atoms with van der Waals surface area (Å²) in [6.07, 6.45) is 3.68. The monoisotopic (exact) mass is 161 g/mol. The third kappa shape index (κ3) is 6.26. The van der Waals surface area contributed by atoms with Crippen LogP contribution in [0.4, 0.5) is 0 Å². The molecule has 0 bridgehead atoms. The lowest BCUT2D eigenvalue weighted by atomic mass is 10.3. The van der Waals surface area contributed by atoms with Crippen molar-refractivity contribution in [3.05, 3.63) is 0 Å². The zero-order valence-electron chi connectivity index (χ0n) is 7.14. The van der Waals surface area contributed by atoms with Crippen LogP contribution in [0, 0.1) is 0 Å². The van der Waals surface area contributed by atoms with Crippen molar-refractivity contribution in [2.45, 2.75) is 32.7 Å². The highest BCUT2D eigenvalue weighted by molar-refractivity contribution is 6.42. The molecule has 0 heterocycles. The van der Waals surface area contributed by atoms with Crippen molar-refractivity contribution in [2.75, 3.05) is 13.7 Å². The summed E-state index contributed by atoms with van der Waals surface area (Å²) in [5, 5.41) is 0. The van der Waals surface area contributed by atoms with Gasteiger partial charge in [-0.15, -0.1) is 0 Å². The molecule has 0 aromatic rings. The number of unbranched alkanes of at least 4 members (excludes halogenated alkanes) is 2. The largest absolute Gasteiger partial charge is 0.397 e. The Balaban J connectivity index is 2.89. The quantitative estimate of drug-likeness (QED) is 0.438. The molecule has 10 heavy (non-hydrogen) atoms. The molecule has 1 radical (unpaired) electrons. The first-order valence-corrected chi connectivity index (χ1v) is 5.63. The molecule has 0 aromatic carbocycles. The SMILES string of the molecule is CCCCCO[Si](C)OC. The van der Waals surface area contributed by atoms with Crippen molar-refractivity contribution in [2.24, 2.45) is 0 Å². The second-order valence-corrected chi connectivity index (χ2v) is 3.93. The van der Waals surface area contributed by atoms with Crippen LogP contribution in [0.15, 0.2) is 0 Å². The lowest BCUT2D eigenvalue weighted by molar-refractivity contribution is 0.230. The first-order valence-electron chi connectivity index (χ1n) is 3.81. The molecule has 0 saturated heterocycles. The molecule has 0 unspecified atom stereocenters. The molecule has 61 valence electrons. The second kappa shape index (κ2) is 7.25. The molecule has 0 N–H and O–H groups in total. The van der Waals surface area contributed by atoms with Crippen LogP contribution in [0.1, 0.15) is 26.2 Å². The molecule has 3 heteroatoms. The first-order chi connectivity index (χ1) is 4.81. The van der Waals surface area contributed by atoms with Gasteiger partial charge >= 0.3 is 9.28 Å². The van der Waals surface area contributed by atoms with Crippen molar-refractivity contribution < 1.29 is 8.85 Å². The van der Waals surface area contributed by atoms with Crippen molar-refractivity contribution in [3.63, 3.8) is 0 Å². The van der Waals surface area contributed by atoms with Gasteiger partial charge in [-0.1, -0.05) is 19.8 Å². The molecule has 0 aliphatic rings. The van der Waals surface area contributed by atoms with Gasteiger partial charge in [0.1, 0.15) is 0 Å². The van der Waals surface area contributed by atoms with Crippen LogP contribution in [-0.2, 0) is 8.85 Å². The Morgan fingerprint density at radius 3 is 2.50 bits per heavy atom. The van der Waals surface area contributed by atoms with E-state index >= 15 is 0 Å². The molecule has 0 amide bonds. The smallest absolute Gasteiger partial charge is 0.380 e. The van der Waals surface area contributed by atoms with E-state index in [1.54, 1.807) is 7.11 Å². The van der Waals surface area contributed by atoms with E-state index in [-0.39, 0.29) is 0 Å². The maximum absolute atomic E-state index is 5.37. The van der Waals surface area contributed by atoms with Crippen LogP contribution in [0.2, 0.25) is 6.55 Å². The fourth-order valence-electron chi connectivity index (χ4n) is 0.627. The first kappa shape index (κ1) is 10.1. The van der Waals surface area contributed by atoms with Crippen LogP contribution in [0.25, 0.3) is 0 Å². The van der Waals surface area contributed by atoms with Crippen LogP contribution in [0.5, 0.6) is 0 Å². The van der Waals surface area contributed by atoms with Gasteiger partial charge in [-0.25, -0.2) is 0 Å². The Morgan fingerprint density at radius 1 is 1.30 bits per heavy atom. The molecular formula is C7H17O2Si. The number of hydrogen-bond acceptors (Lipinski definition) is 2. The van der Waals surface area contributed by atoms with Gasteiger partial charge < -0.3 is 8.85 Å². The topological polar surface area (TPSA) is 18.5 Å². The minimum atomic E-state index is -0.909. The summed E-state index contributed by atoms with van der Waals surface area (Å²) >= 11 is 0. The fourth-order valence-corrected chi connectivity index (χ4v) is 1.18. The Labute approximate surface area is 65.4 Å². The molecule has 0 spiro atoms. The van der Waals surface area contributed by atoms with Crippen LogP contribution < -0.4 is 0 Å². The lowest BCUT2D eigenvalue weighted by Crippen LogP contribution is -2.16. The fraction of sp³-hybridized carbons (Fsp3) is 1.00. The van der Waals surface area contributed by atoms with E-state index in [0.717, 1.165) is 6.61 Å². The average molecular weight is 161 g/mol. The van der Waals surface area contributed by atoms with E-state index in [1.807, 2.05) is 6.55 Å². The zero-order valence-corrected chi connectivity index (χ0v) is 8.14. The highest BCUT2D eigenvalue weighted by atomic mass is 28.3. The summed E-state index contributed by atoms with van der Waals surface area (Å²) in [7, 11) is 0.793. The van der Waals surface area contributed by atoms with Gasteiger partial charge in [-0.05, 0) is 13.0 Å². The molecule has 2 nitrogen and oxygen atoms in total. The van der Waals surface area contributed by atoms with E-state index in [1.165, 1.54) is 19.3 Å². The van der Waals surface area contributed by atoms with E-state index in [2.05, 4.69) is 6.92 Å². The third-order valence-electron chi connectivity index (χ3n) is 1.34. The van der Waals surface area contributed by atoms with Crippen molar-refractivity contribution in [1.29, 1.82) is 0 Å². The summed E-state index contributed by atoms with van der Waals surface area (Å²) < 4.78 is 10.4. The predicted molar refractivity (Wildman–Crippen MR) is 44.1 cm³/mol. The summed E-state index contributed by atoms with van der Waals surface area (Å²) in [6, 6.07) is 0. The van der Waals surface area contributed by atoms with E-state index < -0.39 is 9.28 Å². The van der Waals surface area contributed by atoms with E-state index in [4.69, 9.17) is 8.85 Å². The summed E-state index contributed by atoms with van der Waals surface area (Å²) in [5.74, 6) is 0. The summed E-state index contributed by atoms with van der Waals surface area (Å²) in [4.78, 5) is 0. The second-order valence-electron chi connectivity index (χ2n) is 2.25. The standard InChI is InChI=1S/C7H17O2Si/c1-4-5-6-7-9-10(3)8-2/h4-7H2,1-3H3. The van der Waals surface area contributed by atoms with Crippen LogP contribution in [0.3, 0.4) is 0 Å². The molecule has 0 aliphatic heterocycles. The minimum absolute atomic E-state index is 0.868. The maximum Gasteiger partial charge on any atom is 0.380 e. The molecule has 0 atom stereocenters. The molecule has 0 aromatic heterocycles.